The first-order valence-corrected chi connectivity index (χ1v) is 10.1. The summed E-state index contributed by atoms with van der Waals surface area (Å²) in [5.41, 5.74) is 6.58. The Bertz CT molecular complexity index is 663. The molecule has 1 aromatic carbocycles. The molecule has 0 aromatic heterocycles. The first-order valence-electron chi connectivity index (χ1n) is 10.1. The van der Waals surface area contributed by atoms with Crippen LogP contribution < -0.4 is 20.5 Å². The lowest BCUT2D eigenvalue weighted by molar-refractivity contribution is -0.119. The molecule has 1 atom stereocenters. The SMILES string of the molecule is CCNC(=NCCCc1ccc(OC)c(OC)c1)N1CCCC(CC(N)=O)C1. The molecule has 0 spiro atoms. The summed E-state index contributed by atoms with van der Waals surface area (Å²) in [7, 11) is 3.29. The van der Waals surface area contributed by atoms with Crippen LogP contribution in [-0.2, 0) is 11.2 Å². The molecule has 0 aliphatic carbocycles. The number of hydrogen-bond acceptors (Lipinski definition) is 4. The van der Waals surface area contributed by atoms with Gasteiger partial charge in [0.15, 0.2) is 17.5 Å². The summed E-state index contributed by atoms with van der Waals surface area (Å²) in [6.07, 6.45) is 4.44. The van der Waals surface area contributed by atoms with Gasteiger partial charge in [0.25, 0.3) is 0 Å². The lowest BCUT2D eigenvalue weighted by atomic mass is 9.95. The molecular weight excluding hydrogens is 356 g/mol. The number of aryl methyl sites for hydroxylation is 1. The molecule has 1 fully saturated rings. The fourth-order valence-corrected chi connectivity index (χ4v) is 3.64. The molecule has 28 heavy (non-hydrogen) atoms. The zero-order chi connectivity index (χ0) is 20.4. The van der Waals surface area contributed by atoms with E-state index in [1.807, 2.05) is 12.1 Å². The van der Waals surface area contributed by atoms with Gasteiger partial charge in [0.05, 0.1) is 14.2 Å². The van der Waals surface area contributed by atoms with Crippen molar-refractivity contribution in [3.05, 3.63) is 23.8 Å². The third-order valence-electron chi connectivity index (χ3n) is 4.98. The number of carbonyl (C=O) groups is 1. The van der Waals surface area contributed by atoms with Crippen molar-refractivity contribution in [2.24, 2.45) is 16.6 Å². The van der Waals surface area contributed by atoms with E-state index in [4.69, 9.17) is 20.2 Å². The summed E-state index contributed by atoms with van der Waals surface area (Å²) in [4.78, 5) is 18.3. The van der Waals surface area contributed by atoms with Gasteiger partial charge in [-0.25, -0.2) is 0 Å². The van der Waals surface area contributed by atoms with Gasteiger partial charge < -0.3 is 25.4 Å². The van der Waals surface area contributed by atoms with E-state index in [0.29, 0.717) is 12.3 Å². The second-order valence-corrected chi connectivity index (χ2v) is 7.15. The van der Waals surface area contributed by atoms with Gasteiger partial charge in [-0.2, -0.15) is 0 Å². The number of nitrogens with zero attached hydrogens (tertiary/aromatic N) is 2. The van der Waals surface area contributed by atoms with Crippen LogP contribution in [0.25, 0.3) is 0 Å². The van der Waals surface area contributed by atoms with Crippen LogP contribution in [-0.4, -0.2) is 57.2 Å². The molecule has 7 nitrogen and oxygen atoms in total. The number of benzene rings is 1. The summed E-state index contributed by atoms with van der Waals surface area (Å²) >= 11 is 0. The predicted molar refractivity (Wildman–Crippen MR) is 112 cm³/mol. The second-order valence-electron chi connectivity index (χ2n) is 7.15. The molecule has 1 aliphatic heterocycles. The van der Waals surface area contributed by atoms with Crippen LogP contribution in [0.4, 0.5) is 0 Å². The van der Waals surface area contributed by atoms with Crippen molar-refractivity contribution >= 4 is 11.9 Å². The standard InChI is InChI=1S/C21H34N4O3/c1-4-23-21(25-12-6-8-17(15-25)14-20(22)26)24-11-5-7-16-9-10-18(27-2)19(13-16)28-3/h9-10,13,17H,4-8,11-12,14-15H2,1-3H3,(H2,22,26)(H,23,24). The highest BCUT2D eigenvalue weighted by atomic mass is 16.5. The van der Waals surface area contributed by atoms with Crippen LogP contribution in [0.3, 0.4) is 0 Å². The number of amides is 1. The lowest BCUT2D eigenvalue weighted by Crippen LogP contribution is -2.47. The van der Waals surface area contributed by atoms with Gasteiger partial charge in [-0.3, -0.25) is 9.79 Å². The van der Waals surface area contributed by atoms with Crippen molar-refractivity contribution in [1.82, 2.24) is 10.2 Å². The molecule has 1 aromatic rings. The summed E-state index contributed by atoms with van der Waals surface area (Å²) in [5, 5.41) is 3.38. The molecule has 0 bridgehead atoms. The largest absolute Gasteiger partial charge is 0.493 e. The third-order valence-corrected chi connectivity index (χ3v) is 4.98. The molecule has 3 N–H and O–H groups in total. The monoisotopic (exact) mass is 390 g/mol. The number of primary amides is 1. The number of guanidine groups is 1. The first kappa shape index (κ1) is 21.9. The van der Waals surface area contributed by atoms with Crippen LogP contribution >= 0.6 is 0 Å². The van der Waals surface area contributed by atoms with E-state index in [9.17, 15) is 4.79 Å². The van der Waals surface area contributed by atoms with Gasteiger partial charge in [0.1, 0.15) is 0 Å². The van der Waals surface area contributed by atoms with E-state index in [1.54, 1.807) is 14.2 Å². The smallest absolute Gasteiger partial charge is 0.217 e. The molecule has 7 heteroatoms. The summed E-state index contributed by atoms with van der Waals surface area (Å²) in [6, 6.07) is 6.02. The number of aliphatic imine (C=N–C) groups is 1. The number of nitrogens with two attached hydrogens (primary N) is 1. The van der Waals surface area contributed by atoms with Crippen LogP contribution in [0.1, 0.15) is 38.2 Å². The van der Waals surface area contributed by atoms with Gasteiger partial charge in [-0.05, 0) is 56.2 Å². The number of methoxy groups -OCH3 is 2. The zero-order valence-corrected chi connectivity index (χ0v) is 17.4. The fourth-order valence-electron chi connectivity index (χ4n) is 3.64. The quantitative estimate of drug-likeness (QED) is 0.383. The Hall–Kier alpha value is -2.44. The number of carbonyl (C=O) groups excluding carboxylic acids is 1. The van der Waals surface area contributed by atoms with E-state index >= 15 is 0 Å². The number of ether oxygens (including phenoxy) is 2. The minimum Gasteiger partial charge on any atom is -0.493 e. The predicted octanol–water partition coefficient (Wildman–Crippen LogP) is 2.19. The highest BCUT2D eigenvalue weighted by Crippen LogP contribution is 2.28. The first-order chi connectivity index (χ1) is 13.6. The Morgan fingerprint density at radius 1 is 1.32 bits per heavy atom. The Balaban J connectivity index is 1.91. The van der Waals surface area contributed by atoms with Crippen molar-refractivity contribution in [3.63, 3.8) is 0 Å². The highest BCUT2D eigenvalue weighted by molar-refractivity contribution is 5.80. The Morgan fingerprint density at radius 3 is 2.79 bits per heavy atom. The Morgan fingerprint density at radius 2 is 2.11 bits per heavy atom. The molecule has 0 saturated carbocycles. The normalized spacial score (nSPS) is 17.3. The molecule has 1 unspecified atom stereocenters. The summed E-state index contributed by atoms with van der Waals surface area (Å²) in [5.74, 6) is 2.54. The van der Waals surface area contributed by atoms with E-state index in [1.165, 1.54) is 5.56 Å². The van der Waals surface area contributed by atoms with Gasteiger partial charge in [0, 0.05) is 32.6 Å². The topological polar surface area (TPSA) is 89.2 Å². The summed E-state index contributed by atoms with van der Waals surface area (Å²) in [6.45, 7) is 5.45. The maximum Gasteiger partial charge on any atom is 0.217 e. The molecule has 1 amide bonds. The van der Waals surface area contributed by atoms with Crippen molar-refractivity contribution in [2.75, 3.05) is 40.4 Å². The van der Waals surface area contributed by atoms with Crippen molar-refractivity contribution in [1.29, 1.82) is 0 Å². The van der Waals surface area contributed by atoms with Crippen molar-refractivity contribution in [3.8, 4) is 11.5 Å². The number of hydrogen-bond donors (Lipinski definition) is 2. The van der Waals surface area contributed by atoms with Crippen LogP contribution in [0.5, 0.6) is 11.5 Å². The van der Waals surface area contributed by atoms with Crippen LogP contribution in [0.15, 0.2) is 23.2 Å². The number of nitrogens with one attached hydrogen (secondary N) is 1. The van der Waals surface area contributed by atoms with Crippen molar-refractivity contribution < 1.29 is 14.3 Å². The molecule has 2 rings (SSSR count). The third kappa shape index (κ3) is 6.62. The Kier molecular flexibility index (Phi) is 8.91. The van der Waals surface area contributed by atoms with E-state index in [2.05, 4.69) is 23.2 Å². The van der Waals surface area contributed by atoms with Gasteiger partial charge in [-0.15, -0.1) is 0 Å². The number of rotatable bonds is 9. The summed E-state index contributed by atoms with van der Waals surface area (Å²) < 4.78 is 10.7. The maximum absolute atomic E-state index is 11.2. The van der Waals surface area contributed by atoms with Gasteiger partial charge in [0.2, 0.25) is 5.91 Å². The minimum atomic E-state index is -0.219. The maximum atomic E-state index is 11.2. The molecule has 156 valence electrons. The number of piperidine rings is 1. The minimum absolute atomic E-state index is 0.219. The molecule has 1 heterocycles. The second kappa shape index (κ2) is 11.4. The van der Waals surface area contributed by atoms with Crippen LogP contribution in [0.2, 0.25) is 0 Å². The highest BCUT2D eigenvalue weighted by Gasteiger charge is 2.23. The molecular formula is C21H34N4O3. The molecule has 1 aliphatic rings. The van der Waals surface area contributed by atoms with E-state index < -0.39 is 0 Å². The van der Waals surface area contributed by atoms with E-state index in [-0.39, 0.29) is 5.91 Å². The average molecular weight is 391 g/mol. The van der Waals surface area contributed by atoms with Gasteiger partial charge >= 0.3 is 0 Å². The fraction of sp³-hybridized carbons (Fsp3) is 0.619. The zero-order valence-electron chi connectivity index (χ0n) is 17.4. The lowest BCUT2D eigenvalue weighted by Gasteiger charge is -2.34. The van der Waals surface area contributed by atoms with Gasteiger partial charge in [-0.1, -0.05) is 6.07 Å². The average Bonchev–Trinajstić information content (AvgIpc) is 2.69. The van der Waals surface area contributed by atoms with Crippen molar-refractivity contribution in [2.45, 2.75) is 39.0 Å². The molecule has 0 radical (unpaired) electrons. The number of likely N-dealkylation sites (tertiary alicyclic amines) is 1. The molecule has 1 saturated heterocycles. The Labute approximate surface area is 168 Å². The van der Waals surface area contributed by atoms with E-state index in [0.717, 1.165) is 69.3 Å². The van der Waals surface area contributed by atoms with Crippen LogP contribution in [0, 0.1) is 5.92 Å².